The molecule has 7 nitrogen and oxygen atoms in total. The number of hydrogen-bond donors (Lipinski definition) is 2. The van der Waals surface area contributed by atoms with Crippen LogP contribution in [0.2, 0.25) is 0 Å². The van der Waals surface area contributed by atoms with Gasteiger partial charge in [-0.2, -0.15) is 0 Å². The number of ketones is 1. The van der Waals surface area contributed by atoms with Gasteiger partial charge in [-0.25, -0.2) is 0 Å². The van der Waals surface area contributed by atoms with Crippen molar-refractivity contribution in [2.75, 3.05) is 5.32 Å². The summed E-state index contributed by atoms with van der Waals surface area (Å²) in [6.07, 6.45) is 0. The van der Waals surface area contributed by atoms with Crippen LogP contribution in [0.4, 0.5) is 5.69 Å². The van der Waals surface area contributed by atoms with Crippen LogP contribution in [-0.4, -0.2) is 23.6 Å². The predicted octanol–water partition coefficient (Wildman–Crippen LogP) is 4.40. The van der Waals surface area contributed by atoms with E-state index in [-0.39, 0.29) is 17.9 Å². The second kappa shape index (κ2) is 8.68. The van der Waals surface area contributed by atoms with Crippen LogP contribution >= 0.6 is 0 Å². The third-order valence-electron chi connectivity index (χ3n) is 6.39. The summed E-state index contributed by atoms with van der Waals surface area (Å²) >= 11 is 0. The number of Topliss-reactive ketones (excluding diaryl/α,β-unsaturated/α-hetero) is 1. The Morgan fingerprint density at radius 2 is 1.60 bits per heavy atom. The molecule has 0 fully saturated rings. The number of rotatable bonds is 5. The number of anilines is 1. The third-order valence-corrected chi connectivity index (χ3v) is 6.39. The van der Waals surface area contributed by atoms with Crippen molar-refractivity contribution in [1.82, 2.24) is 0 Å². The molecule has 2 aliphatic rings. The largest absolute Gasteiger partial charge is 0.460 e. The van der Waals surface area contributed by atoms with Gasteiger partial charge in [0.2, 0.25) is 11.8 Å². The summed E-state index contributed by atoms with van der Waals surface area (Å²) in [6, 6.07) is 24.5. The summed E-state index contributed by atoms with van der Waals surface area (Å²) < 4.78 is 11.2. The number of nitrogens with one attached hydrogen (secondary N) is 2. The Morgan fingerprint density at radius 3 is 2.31 bits per heavy atom. The predicted molar refractivity (Wildman–Crippen MR) is 129 cm³/mol. The molecular formula is C28H22N2O5. The molecule has 0 bridgehead atoms. The molecular weight excluding hydrogens is 444 g/mol. The summed E-state index contributed by atoms with van der Waals surface area (Å²) in [6.45, 7) is 1.49. The van der Waals surface area contributed by atoms with E-state index in [1.54, 1.807) is 66.7 Å². The van der Waals surface area contributed by atoms with Crippen LogP contribution in [0, 0.1) is 11.3 Å². The van der Waals surface area contributed by atoms with E-state index >= 15 is 0 Å². The first-order valence-corrected chi connectivity index (χ1v) is 11.1. The molecule has 0 saturated heterocycles. The Balaban J connectivity index is 1.67. The van der Waals surface area contributed by atoms with Crippen LogP contribution in [-0.2, 0) is 31.1 Å². The van der Waals surface area contributed by atoms with E-state index < -0.39 is 34.9 Å². The van der Waals surface area contributed by atoms with Gasteiger partial charge >= 0.3 is 5.97 Å². The highest BCUT2D eigenvalue weighted by molar-refractivity contribution is 6.25. The molecule has 2 atom stereocenters. The third kappa shape index (κ3) is 3.52. The normalized spacial score (nSPS) is 20.8. The lowest BCUT2D eigenvalue weighted by Crippen LogP contribution is -2.55. The lowest BCUT2D eigenvalue weighted by atomic mass is 9.62. The van der Waals surface area contributed by atoms with Crippen LogP contribution < -0.4 is 5.32 Å². The summed E-state index contributed by atoms with van der Waals surface area (Å²) in [4.78, 5) is 41.2. The maximum absolute atomic E-state index is 13.8. The minimum Gasteiger partial charge on any atom is -0.460 e. The highest BCUT2D eigenvalue weighted by Gasteiger charge is 2.64. The molecule has 0 radical (unpaired) electrons. The molecule has 1 spiro atoms. The van der Waals surface area contributed by atoms with Crippen molar-refractivity contribution in [3.05, 3.63) is 113 Å². The lowest BCUT2D eigenvalue weighted by molar-refractivity contribution is -0.151. The molecule has 2 N–H and O–H groups in total. The van der Waals surface area contributed by atoms with Crippen molar-refractivity contribution >= 4 is 29.2 Å². The first-order valence-electron chi connectivity index (χ1n) is 11.1. The maximum Gasteiger partial charge on any atom is 0.320 e. The van der Waals surface area contributed by atoms with Crippen molar-refractivity contribution in [3.8, 4) is 0 Å². The Hall–Kier alpha value is -4.52. The number of esters is 1. The topological polar surface area (TPSA) is 106 Å². The zero-order chi connectivity index (χ0) is 24.6. The number of para-hydroxylation sites is 1. The molecule has 35 heavy (non-hydrogen) atoms. The number of allylic oxidation sites excluding steroid dienone is 1. The molecule has 2 unspecified atom stereocenters. The van der Waals surface area contributed by atoms with Crippen LogP contribution in [0.1, 0.15) is 28.4 Å². The number of amides is 1. The number of ether oxygens (including phenoxy) is 2. The van der Waals surface area contributed by atoms with Crippen LogP contribution in [0.5, 0.6) is 0 Å². The van der Waals surface area contributed by atoms with Gasteiger partial charge in [-0.15, -0.1) is 0 Å². The number of carbonyl (C=O) groups is 3. The quantitative estimate of drug-likeness (QED) is 0.428. The summed E-state index contributed by atoms with van der Waals surface area (Å²) in [5.41, 5.74) is 0.200. The van der Waals surface area contributed by atoms with Crippen LogP contribution in [0.15, 0.2) is 96.3 Å². The average Bonchev–Trinajstić information content (AvgIpc) is 3.15. The molecule has 0 aliphatic carbocycles. The van der Waals surface area contributed by atoms with E-state index in [0.717, 1.165) is 5.56 Å². The van der Waals surface area contributed by atoms with Crippen LogP contribution in [0.3, 0.4) is 0 Å². The smallest absolute Gasteiger partial charge is 0.320 e. The van der Waals surface area contributed by atoms with Crippen molar-refractivity contribution in [3.63, 3.8) is 0 Å². The highest BCUT2D eigenvalue weighted by atomic mass is 16.5. The second-order valence-electron chi connectivity index (χ2n) is 8.43. The molecule has 3 aromatic rings. The van der Waals surface area contributed by atoms with Gasteiger partial charge in [0.25, 0.3) is 0 Å². The van der Waals surface area contributed by atoms with E-state index in [1.807, 2.05) is 18.2 Å². The zero-order valence-corrected chi connectivity index (χ0v) is 18.9. The SMILES string of the molecule is CC1=C(C(=O)c2ccccc2)C2(C(=O)Nc3ccccc32)C(C(=O)OCc2ccccc2)C(=N)O1. The van der Waals surface area contributed by atoms with E-state index in [4.69, 9.17) is 14.9 Å². The van der Waals surface area contributed by atoms with Gasteiger partial charge < -0.3 is 14.8 Å². The highest BCUT2D eigenvalue weighted by Crippen LogP contribution is 2.53. The minimum absolute atomic E-state index is 0.0174. The molecule has 0 saturated carbocycles. The van der Waals surface area contributed by atoms with Gasteiger partial charge in [0.1, 0.15) is 17.8 Å². The van der Waals surface area contributed by atoms with E-state index in [2.05, 4.69) is 5.32 Å². The minimum atomic E-state index is -1.81. The summed E-state index contributed by atoms with van der Waals surface area (Å²) in [5.74, 6) is -3.69. The zero-order valence-electron chi connectivity index (χ0n) is 18.9. The van der Waals surface area contributed by atoms with Gasteiger partial charge in [0.05, 0.1) is 5.57 Å². The average molecular weight is 466 g/mol. The summed E-state index contributed by atoms with van der Waals surface area (Å²) in [5, 5.41) is 11.4. The standard InChI is InChI=1S/C28H22N2O5/c1-17-22(24(31)19-12-6-3-7-13-19)28(20-14-8-9-15-21(20)30-27(28)33)23(25(29)35-17)26(32)34-16-18-10-4-2-5-11-18/h2-15,23,29H,16H2,1H3,(H,30,33). The second-order valence-corrected chi connectivity index (χ2v) is 8.43. The summed E-state index contributed by atoms with van der Waals surface area (Å²) in [7, 11) is 0. The Kier molecular flexibility index (Phi) is 5.53. The first-order chi connectivity index (χ1) is 16.9. The number of carbonyl (C=O) groups excluding carboxylic acids is 3. The Morgan fingerprint density at radius 1 is 0.971 bits per heavy atom. The fourth-order valence-corrected chi connectivity index (χ4v) is 4.88. The molecule has 174 valence electrons. The Bertz CT molecular complexity index is 1380. The van der Waals surface area contributed by atoms with Crippen molar-refractivity contribution in [2.45, 2.75) is 18.9 Å². The fourth-order valence-electron chi connectivity index (χ4n) is 4.88. The molecule has 1 amide bonds. The number of fused-ring (bicyclic) bond motifs is 2. The van der Waals surface area contributed by atoms with Crippen LogP contribution in [0.25, 0.3) is 0 Å². The van der Waals surface area contributed by atoms with Gasteiger partial charge in [0.15, 0.2) is 11.7 Å². The van der Waals surface area contributed by atoms with E-state index in [0.29, 0.717) is 16.8 Å². The molecule has 0 aromatic heterocycles. The van der Waals surface area contributed by atoms with Gasteiger partial charge in [0, 0.05) is 11.3 Å². The van der Waals surface area contributed by atoms with Crippen molar-refractivity contribution < 1.29 is 23.9 Å². The van der Waals surface area contributed by atoms with Crippen molar-refractivity contribution in [1.29, 1.82) is 5.41 Å². The first kappa shape index (κ1) is 22.3. The number of hydrogen-bond acceptors (Lipinski definition) is 6. The molecule has 2 heterocycles. The fraction of sp³-hybridized carbons (Fsp3) is 0.143. The Labute approximate surface area is 201 Å². The monoisotopic (exact) mass is 466 g/mol. The molecule has 7 heteroatoms. The molecule has 3 aromatic carbocycles. The number of benzene rings is 3. The maximum atomic E-state index is 13.8. The van der Waals surface area contributed by atoms with Gasteiger partial charge in [-0.3, -0.25) is 19.8 Å². The molecule has 2 aliphatic heterocycles. The van der Waals surface area contributed by atoms with Gasteiger partial charge in [-0.1, -0.05) is 78.9 Å². The van der Waals surface area contributed by atoms with Crippen molar-refractivity contribution in [2.24, 2.45) is 5.92 Å². The molecule has 5 rings (SSSR count). The van der Waals surface area contributed by atoms with Gasteiger partial charge in [-0.05, 0) is 24.1 Å². The van der Waals surface area contributed by atoms with E-state index in [1.165, 1.54) is 6.92 Å². The van der Waals surface area contributed by atoms with E-state index in [9.17, 15) is 14.4 Å². The lowest BCUT2D eigenvalue weighted by Gasteiger charge is -2.40.